The molecule has 1 unspecified atom stereocenters. The highest BCUT2D eigenvalue weighted by Crippen LogP contribution is 2.43. The van der Waals surface area contributed by atoms with Gasteiger partial charge in [0.15, 0.2) is 0 Å². The van der Waals surface area contributed by atoms with Crippen LogP contribution in [0.25, 0.3) is 10.9 Å². The summed E-state index contributed by atoms with van der Waals surface area (Å²) in [5, 5.41) is -0.985. The Balaban J connectivity index is 1.67. The Morgan fingerprint density at radius 3 is 2.29 bits per heavy atom. The second kappa shape index (κ2) is 11.5. The quantitative estimate of drug-likeness (QED) is 0.334. The van der Waals surface area contributed by atoms with E-state index in [-0.39, 0.29) is 70.4 Å². The number of hydrogen-bond acceptors (Lipinski definition) is 7. The maximum atomic E-state index is 15.0. The minimum Gasteiger partial charge on any atom is -0.352 e. The number of carbonyl (C=O) groups is 1. The number of aromatic nitrogens is 3. The fraction of sp³-hybridized carbons (Fsp3) is 0.481. The van der Waals surface area contributed by atoms with Gasteiger partial charge in [0, 0.05) is 50.3 Å². The largest absolute Gasteiger partial charge is 0.431 e. The minimum atomic E-state index is -5.06. The zero-order valence-corrected chi connectivity index (χ0v) is 24.5. The molecule has 9 nitrogen and oxygen atoms in total. The molecule has 2 aromatic heterocycles. The van der Waals surface area contributed by atoms with Crippen LogP contribution in [-0.2, 0) is 11.0 Å². The van der Waals surface area contributed by atoms with E-state index in [0.29, 0.717) is 13.1 Å². The van der Waals surface area contributed by atoms with Crippen molar-refractivity contribution in [2.45, 2.75) is 32.1 Å². The smallest absolute Gasteiger partial charge is 0.352 e. The van der Waals surface area contributed by atoms with E-state index < -0.39 is 34.3 Å². The summed E-state index contributed by atoms with van der Waals surface area (Å²) in [5.41, 5.74) is -2.90. The first-order valence-electron chi connectivity index (χ1n) is 13.5. The number of anilines is 2. The number of alkyl halides is 3. The number of nitrogens with zero attached hydrogens (tertiary/aromatic N) is 7. The SMILES string of the molecule is C=CC(=O)N1CCN(c2nc(N3CC(N(CC)CC)C3)nc3c(=O)n(C4C(Cl)=CC(Cl)=C4F)c(C(F)(F)F)cc23)CC1. The summed E-state index contributed by atoms with van der Waals surface area (Å²) in [6, 6.07) is -0.890. The van der Waals surface area contributed by atoms with Gasteiger partial charge in [-0.3, -0.25) is 19.1 Å². The van der Waals surface area contributed by atoms with E-state index in [1.165, 1.54) is 6.08 Å². The zero-order chi connectivity index (χ0) is 30.5. The normalized spacial score (nSPS) is 20.1. The molecule has 2 saturated heterocycles. The monoisotopic (exact) mass is 629 g/mol. The van der Waals surface area contributed by atoms with Crippen LogP contribution in [0, 0.1) is 0 Å². The molecule has 0 N–H and O–H groups in total. The lowest BCUT2D eigenvalue weighted by molar-refractivity contribution is -0.144. The van der Waals surface area contributed by atoms with Crippen LogP contribution in [0.15, 0.2) is 45.5 Å². The molecular formula is C27H29Cl2F4N7O2. The Morgan fingerprint density at radius 1 is 1.12 bits per heavy atom. The van der Waals surface area contributed by atoms with Gasteiger partial charge >= 0.3 is 6.18 Å². The molecule has 1 amide bonds. The van der Waals surface area contributed by atoms with Crippen LogP contribution in [0.2, 0.25) is 0 Å². The van der Waals surface area contributed by atoms with Crippen molar-refractivity contribution in [1.82, 2.24) is 24.3 Å². The lowest BCUT2D eigenvalue weighted by Crippen LogP contribution is -2.60. The molecule has 2 fully saturated rings. The molecule has 15 heteroatoms. The summed E-state index contributed by atoms with van der Waals surface area (Å²) in [5.74, 6) is -1.13. The molecule has 0 radical (unpaired) electrons. The van der Waals surface area contributed by atoms with E-state index in [0.717, 1.165) is 25.2 Å². The lowest BCUT2D eigenvalue weighted by atomic mass is 10.1. The molecule has 1 atom stereocenters. The van der Waals surface area contributed by atoms with Crippen molar-refractivity contribution in [3.8, 4) is 0 Å². The summed E-state index contributed by atoms with van der Waals surface area (Å²) in [7, 11) is 0. The van der Waals surface area contributed by atoms with E-state index in [9.17, 15) is 22.8 Å². The number of fused-ring (bicyclic) bond motifs is 1. The molecule has 2 aliphatic heterocycles. The van der Waals surface area contributed by atoms with Gasteiger partial charge in [0.05, 0.1) is 10.4 Å². The first kappa shape index (κ1) is 30.3. The van der Waals surface area contributed by atoms with Gasteiger partial charge in [0.2, 0.25) is 11.9 Å². The second-order valence-corrected chi connectivity index (χ2v) is 11.1. The molecule has 5 rings (SSSR count). The summed E-state index contributed by atoms with van der Waals surface area (Å²) >= 11 is 12.0. The number of hydrogen-bond donors (Lipinski definition) is 0. The number of carbonyl (C=O) groups excluding carboxylic acids is 1. The Labute approximate surface area is 249 Å². The van der Waals surface area contributed by atoms with Gasteiger partial charge < -0.3 is 14.7 Å². The average molecular weight is 630 g/mol. The molecule has 0 spiro atoms. The van der Waals surface area contributed by atoms with Crippen molar-refractivity contribution in [1.29, 1.82) is 0 Å². The highest BCUT2D eigenvalue weighted by molar-refractivity contribution is 6.36. The summed E-state index contributed by atoms with van der Waals surface area (Å²) in [6.07, 6.45) is -2.88. The van der Waals surface area contributed by atoms with E-state index in [1.54, 1.807) is 9.80 Å². The number of rotatable bonds is 7. The molecule has 0 bridgehead atoms. The van der Waals surface area contributed by atoms with Crippen molar-refractivity contribution in [2.24, 2.45) is 0 Å². The first-order valence-corrected chi connectivity index (χ1v) is 14.3. The predicted octanol–water partition coefficient (Wildman–Crippen LogP) is 4.27. The van der Waals surface area contributed by atoms with Gasteiger partial charge in [-0.15, -0.1) is 0 Å². The van der Waals surface area contributed by atoms with Crippen molar-refractivity contribution in [2.75, 3.05) is 62.2 Å². The van der Waals surface area contributed by atoms with Crippen LogP contribution in [0.1, 0.15) is 25.6 Å². The van der Waals surface area contributed by atoms with Gasteiger partial charge in [-0.05, 0) is 31.3 Å². The number of likely N-dealkylation sites (N-methyl/N-ethyl adjacent to an activating group) is 1. The third-order valence-corrected chi connectivity index (χ3v) is 8.56. The molecule has 4 heterocycles. The van der Waals surface area contributed by atoms with Gasteiger partial charge in [-0.1, -0.05) is 43.6 Å². The van der Waals surface area contributed by atoms with Crippen LogP contribution in [0.5, 0.6) is 0 Å². The van der Waals surface area contributed by atoms with E-state index in [2.05, 4.69) is 35.3 Å². The highest BCUT2D eigenvalue weighted by Gasteiger charge is 2.42. The number of pyridine rings is 1. The average Bonchev–Trinajstić information content (AvgIpc) is 3.19. The Kier molecular flexibility index (Phi) is 8.29. The molecule has 226 valence electrons. The second-order valence-electron chi connectivity index (χ2n) is 10.2. The Bertz CT molecular complexity index is 1540. The van der Waals surface area contributed by atoms with Crippen LogP contribution in [0.3, 0.4) is 0 Å². The Hall–Kier alpha value is -3.16. The van der Waals surface area contributed by atoms with Gasteiger partial charge in [-0.2, -0.15) is 18.2 Å². The van der Waals surface area contributed by atoms with E-state index >= 15 is 4.39 Å². The van der Waals surface area contributed by atoms with Crippen molar-refractivity contribution in [3.05, 3.63) is 56.7 Å². The maximum absolute atomic E-state index is 15.0. The zero-order valence-electron chi connectivity index (χ0n) is 23.0. The molecule has 1 aliphatic carbocycles. The van der Waals surface area contributed by atoms with Crippen LogP contribution in [0.4, 0.5) is 29.3 Å². The molecule has 0 saturated carbocycles. The van der Waals surface area contributed by atoms with Crippen LogP contribution >= 0.6 is 23.2 Å². The maximum Gasteiger partial charge on any atom is 0.431 e. The van der Waals surface area contributed by atoms with E-state index in [1.807, 2.05) is 4.90 Å². The third-order valence-electron chi connectivity index (χ3n) is 7.96. The summed E-state index contributed by atoms with van der Waals surface area (Å²) < 4.78 is 58.7. The third kappa shape index (κ3) is 5.26. The van der Waals surface area contributed by atoms with Crippen LogP contribution < -0.4 is 15.4 Å². The fourth-order valence-corrected chi connectivity index (χ4v) is 6.22. The lowest BCUT2D eigenvalue weighted by Gasteiger charge is -2.45. The van der Waals surface area contributed by atoms with Crippen molar-refractivity contribution in [3.63, 3.8) is 0 Å². The molecule has 0 aromatic carbocycles. The van der Waals surface area contributed by atoms with Crippen LogP contribution in [-0.4, -0.2) is 88.6 Å². The van der Waals surface area contributed by atoms with Gasteiger partial charge in [-0.25, -0.2) is 9.37 Å². The predicted molar refractivity (Wildman–Crippen MR) is 154 cm³/mol. The van der Waals surface area contributed by atoms with Crippen molar-refractivity contribution < 1.29 is 22.4 Å². The van der Waals surface area contributed by atoms with Gasteiger partial charge in [0.1, 0.15) is 28.9 Å². The Morgan fingerprint density at radius 2 is 1.76 bits per heavy atom. The summed E-state index contributed by atoms with van der Waals surface area (Å²) in [6.45, 7) is 11.5. The standard InChI is InChI=1S/C27H29Cl2F4N7O2/c1-4-20(41)37-7-9-38(10-8-37)24-16-11-19(27(31,32)33)40(23-18(29)12-17(28)21(23)30)25(42)22(16)34-26(35-24)39-13-15(14-39)36(5-2)6-3/h4,11-12,15,23H,1,5-10,13-14H2,2-3H3. The number of allylic oxidation sites excluding steroid dienone is 4. The molecule has 2 aromatic rings. The highest BCUT2D eigenvalue weighted by atomic mass is 35.5. The number of piperazine rings is 1. The van der Waals surface area contributed by atoms with E-state index in [4.69, 9.17) is 23.2 Å². The minimum absolute atomic E-state index is 0.129. The first-order chi connectivity index (χ1) is 19.9. The topological polar surface area (TPSA) is 77.8 Å². The molecule has 3 aliphatic rings. The molecular weight excluding hydrogens is 601 g/mol. The number of halogens is 6. The summed E-state index contributed by atoms with van der Waals surface area (Å²) in [4.78, 5) is 42.5. The van der Waals surface area contributed by atoms with Crippen molar-refractivity contribution >= 4 is 51.8 Å². The number of amides is 1. The van der Waals surface area contributed by atoms with Gasteiger partial charge in [0.25, 0.3) is 5.56 Å². The fourth-order valence-electron chi connectivity index (χ4n) is 5.64. The molecule has 42 heavy (non-hydrogen) atoms.